The van der Waals surface area contributed by atoms with Gasteiger partial charge in [0.15, 0.2) is 0 Å². The van der Waals surface area contributed by atoms with Crippen LogP contribution in [-0.2, 0) is 9.59 Å². The highest BCUT2D eigenvalue weighted by atomic mass is 19.3. The van der Waals surface area contributed by atoms with Gasteiger partial charge in [0, 0.05) is 31.8 Å². The van der Waals surface area contributed by atoms with E-state index in [9.17, 15) is 23.5 Å². The minimum Gasteiger partial charge on any atom is -0.391 e. The van der Waals surface area contributed by atoms with Crippen LogP contribution in [-0.4, -0.2) is 59.0 Å². The molecule has 0 bridgehead atoms. The Morgan fingerprint density at radius 3 is 2.48 bits per heavy atom. The van der Waals surface area contributed by atoms with Crippen LogP contribution in [0, 0.1) is 11.3 Å². The number of nitrogens with zero attached hydrogens (tertiary/aromatic N) is 1. The maximum atomic E-state index is 12.9. The van der Waals surface area contributed by atoms with Crippen LogP contribution in [0.3, 0.4) is 0 Å². The number of halogens is 2. The number of carbonyl (C=O) groups is 2. The number of β-amino-alcohol motifs (C(OH)–C–C–N with tert-alkyl or cyclic N) is 1. The molecular formula is C15H25F2N3O3. The van der Waals surface area contributed by atoms with Crippen LogP contribution in [0.1, 0.15) is 33.6 Å². The van der Waals surface area contributed by atoms with Gasteiger partial charge in [-0.1, -0.05) is 20.8 Å². The number of rotatable bonds is 4. The van der Waals surface area contributed by atoms with E-state index in [4.69, 9.17) is 5.73 Å². The third kappa shape index (κ3) is 3.98. The zero-order valence-corrected chi connectivity index (χ0v) is 13.7. The van der Waals surface area contributed by atoms with Crippen LogP contribution in [0.25, 0.3) is 0 Å². The van der Waals surface area contributed by atoms with Gasteiger partial charge < -0.3 is 21.1 Å². The van der Waals surface area contributed by atoms with Crippen LogP contribution in [0.15, 0.2) is 0 Å². The van der Waals surface area contributed by atoms with Crippen LogP contribution in [0.5, 0.6) is 0 Å². The van der Waals surface area contributed by atoms with E-state index >= 15 is 0 Å². The first kappa shape index (κ1) is 18.1. The molecule has 0 aromatic rings. The standard InChI is InChI=1S/C15H25F2N3O3/c1-14(2,3)11(18)13(23)20-7-9(21)4-10(20)12(22)19-6-8-5-15(8,16)17/h8-11,21H,4-7,18H2,1-3H3,(H,19,22)/t8?,9-,10+,11?/m1/s1. The number of aliphatic hydroxyl groups excluding tert-OH is 1. The number of hydrogen-bond acceptors (Lipinski definition) is 4. The fraction of sp³-hybridized carbons (Fsp3) is 0.867. The molecule has 2 unspecified atom stereocenters. The summed E-state index contributed by atoms with van der Waals surface area (Å²) in [5.41, 5.74) is 5.46. The Morgan fingerprint density at radius 1 is 1.43 bits per heavy atom. The monoisotopic (exact) mass is 333 g/mol. The maximum Gasteiger partial charge on any atom is 0.253 e. The van der Waals surface area contributed by atoms with Gasteiger partial charge in [-0.2, -0.15) is 0 Å². The molecule has 2 amide bonds. The quantitative estimate of drug-likeness (QED) is 0.680. The fourth-order valence-electron chi connectivity index (χ4n) is 2.69. The van der Waals surface area contributed by atoms with Gasteiger partial charge in [-0.25, -0.2) is 8.78 Å². The average molecular weight is 333 g/mol. The second kappa shape index (κ2) is 5.98. The van der Waals surface area contributed by atoms with Gasteiger partial charge in [0.1, 0.15) is 6.04 Å². The molecule has 4 N–H and O–H groups in total. The smallest absolute Gasteiger partial charge is 0.253 e. The molecule has 2 aliphatic rings. The van der Waals surface area contributed by atoms with Gasteiger partial charge >= 0.3 is 0 Å². The lowest BCUT2D eigenvalue weighted by Crippen LogP contribution is -2.55. The number of aliphatic hydroxyl groups is 1. The van der Waals surface area contributed by atoms with E-state index in [0.717, 1.165) is 0 Å². The molecule has 23 heavy (non-hydrogen) atoms. The molecule has 1 saturated carbocycles. The van der Waals surface area contributed by atoms with E-state index in [0.29, 0.717) is 0 Å². The van der Waals surface area contributed by atoms with Crippen molar-refractivity contribution in [2.24, 2.45) is 17.1 Å². The van der Waals surface area contributed by atoms with Crippen molar-refractivity contribution in [1.82, 2.24) is 10.2 Å². The molecule has 2 rings (SSSR count). The van der Waals surface area contributed by atoms with Gasteiger partial charge in [0.05, 0.1) is 12.1 Å². The summed E-state index contributed by atoms with van der Waals surface area (Å²) in [6.45, 7) is 5.34. The molecule has 0 aromatic heterocycles. The lowest BCUT2D eigenvalue weighted by molar-refractivity contribution is -0.141. The van der Waals surface area contributed by atoms with E-state index in [-0.39, 0.29) is 25.9 Å². The summed E-state index contributed by atoms with van der Waals surface area (Å²) >= 11 is 0. The van der Waals surface area contributed by atoms with Crippen LogP contribution in [0.2, 0.25) is 0 Å². The zero-order chi connectivity index (χ0) is 17.6. The molecule has 2 fully saturated rings. The van der Waals surface area contributed by atoms with Crippen molar-refractivity contribution in [1.29, 1.82) is 0 Å². The van der Waals surface area contributed by atoms with E-state index in [2.05, 4.69) is 5.32 Å². The summed E-state index contributed by atoms with van der Waals surface area (Å²) in [7, 11) is 0. The van der Waals surface area contributed by atoms with Crippen LogP contribution in [0.4, 0.5) is 8.78 Å². The zero-order valence-electron chi connectivity index (χ0n) is 13.7. The second-order valence-electron chi connectivity index (χ2n) is 7.65. The molecule has 4 atom stereocenters. The molecule has 1 heterocycles. The van der Waals surface area contributed by atoms with Crippen molar-refractivity contribution < 1.29 is 23.5 Å². The highest BCUT2D eigenvalue weighted by molar-refractivity contribution is 5.90. The van der Waals surface area contributed by atoms with Gasteiger partial charge in [0.2, 0.25) is 11.8 Å². The molecule has 0 aromatic carbocycles. The van der Waals surface area contributed by atoms with Gasteiger partial charge in [0.25, 0.3) is 5.92 Å². The Bertz CT molecular complexity index is 493. The minimum absolute atomic E-state index is 0.0281. The maximum absolute atomic E-state index is 12.9. The molecule has 6 nitrogen and oxygen atoms in total. The fourth-order valence-corrected chi connectivity index (χ4v) is 2.69. The number of carbonyl (C=O) groups excluding carboxylic acids is 2. The largest absolute Gasteiger partial charge is 0.391 e. The summed E-state index contributed by atoms with van der Waals surface area (Å²) in [6, 6.07) is -1.67. The van der Waals surface area contributed by atoms with Gasteiger partial charge in [-0.3, -0.25) is 9.59 Å². The molecule has 1 aliphatic carbocycles. The van der Waals surface area contributed by atoms with Crippen molar-refractivity contribution in [3.8, 4) is 0 Å². The average Bonchev–Trinajstić information content (AvgIpc) is 2.85. The normalized spacial score (nSPS) is 30.9. The Hall–Kier alpha value is -1.28. The second-order valence-corrected chi connectivity index (χ2v) is 7.65. The predicted molar refractivity (Wildman–Crippen MR) is 79.6 cm³/mol. The van der Waals surface area contributed by atoms with Crippen molar-refractivity contribution in [2.75, 3.05) is 13.1 Å². The van der Waals surface area contributed by atoms with E-state index in [1.807, 2.05) is 20.8 Å². The van der Waals surface area contributed by atoms with E-state index in [1.165, 1.54) is 4.90 Å². The molecule has 0 spiro atoms. The first-order valence-electron chi connectivity index (χ1n) is 7.83. The third-order valence-electron chi connectivity index (χ3n) is 4.54. The molecular weight excluding hydrogens is 308 g/mol. The van der Waals surface area contributed by atoms with E-state index < -0.39 is 47.3 Å². The van der Waals surface area contributed by atoms with Crippen molar-refractivity contribution in [3.63, 3.8) is 0 Å². The molecule has 1 aliphatic heterocycles. The third-order valence-corrected chi connectivity index (χ3v) is 4.54. The lowest BCUT2D eigenvalue weighted by Gasteiger charge is -2.32. The molecule has 0 radical (unpaired) electrons. The summed E-state index contributed by atoms with van der Waals surface area (Å²) in [4.78, 5) is 26.0. The number of amides is 2. The summed E-state index contributed by atoms with van der Waals surface area (Å²) in [5.74, 6) is -4.46. The Labute approximate surface area is 134 Å². The minimum atomic E-state index is -2.70. The summed E-state index contributed by atoms with van der Waals surface area (Å²) in [6.07, 6.45) is -0.947. The highest BCUT2D eigenvalue weighted by Gasteiger charge is 2.56. The predicted octanol–water partition coefficient (Wildman–Crippen LogP) is 0.0930. The molecule has 8 heteroatoms. The number of alkyl halides is 2. The SMILES string of the molecule is CC(C)(C)C(N)C(=O)N1C[C@H](O)C[C@H]1C(=O)NCC1CC1(F)F. The Balaban J connectivity index is 1.98. The number of hydrogen-bond donors (Lipinski definition) is 3. The van der Waals surface area contributed by atoms with Crippen LogP contribution < -0.4 is 11.1 Å². The van der Waals surface area contributed by atoms with Gasteiger partial charge in [-0.05, 0) is 5.41 Å². The van der Waals surface area contributed by atoms with Crippen molar-refractivity contribution >= 4 is 11.8 Å². The number of nitrogens with two attached hydrogens (primary N) is 1. The first-order chi connectivity index (χ1) is 10.4. The topological polar surface area (TPSA) is 95.7 Å². The van der Waals surface area contributed by atoms with Gasteiger partial charge in [-0.15, -0.1) is 0 Å². The number of likely N-dealkylation sites (tertiary alicyclic amines) is 1. The van der Waals surface area contributed by atoms with E-state index in [1.54, 1.807) is 0 Å². The van der Waals surface area contributed by atoms with Crippen molar-refractivity contribution in [3.05, 3.63) is 0 Å². The van der Waals surface area contributed by atoms with Crippen molar-refractivity contribution in [2.45, 2.75) is 57.7 Å². The highest BCUT2D eigenvalue weighted by Crippen LogP contribution is 2.48. The van der Waals surface area contributed by atoms with Crippen LogP contribution >= 0.6 is 0 Å². The Morgan fingerprint density at radius 2 is 2.00 bits per heavy atom. The number of nitrogens with one attached hydrogen (secondary N) is 1. The summed E-state index contributed by atoms with van der Waals surface area (Å²) in [5, 5.41) is 12.3. The Kier molecular flexibility index (Phi) is 4.69. The molecule has 1 saturated heterocycles. The molecule has 132 valence electrons. The lowest BCUT2D eigenvalue weighted by atomic mass is 9.86. The first-order valence-corrected chi connectivity index (χ1v) is 7.83. The summed E-state index contributed by atoms with van der Waals surface area (Å²) < 4.78 is 25.7.